The zero-order valence-corrected chi connectivity index (χ0v) is 11.7. The molecule has 0 aliphatic carbocycles. The first kappa shape index (κ1) is 15.4. The summed E-state index contributed by atoms with van der Waals surface area (Å²) >= 11 is 0. The highest BCUT2D eigenvalue weighted by Crippen LogP contribution is 2.17. The van der Waals surface area contributed by atoms with Crippen LogP contribution in [0.3, 0.4) is 0 Å². The Morgan fingerprint density at radius 3 is 2.89 bits per heavy atom. The molecule has 1 unspecified atom stereocenters. The number of hydrogen-bond acceptors (Lipinski definition) is 4. The van der Waals surface area contributed by atoms with Gasteiger partial charge in [-0.15, -0.1) is 0 Å². The van der Waals surface area contributed by atoms with Crippen molar-refractivity contribution < 1.29 is 13.9 Å². The van der Waals surface area contributed by atoms with E-state index in [4.69, 9.17) is 4.74 Å². The van der Waals surface area contributed by atoms with Gasteiger partial charge in [0.25, 0.3) is 5.91 Å². The number of amides is 1. The standard InChI is InChI=1S/C13H20FN3O2/c1-5-15-12-11(14)10(6-7-16-12)13(18)17(3)9(2)8-19-4/h6-7,9H,5,8H2,1-4H3,(H,15,16). The predicted octanol–water partition coefficient (Wildman–Crippen LogP) is 1.76. The van der Waals surface area contributed by atoms with Gasteiger partial charge in [-0.1, -0.05) is 0 Å². The molecule has 1 heterocycles. The van der Waals surface area contributed by atoms with Gasteiger partial charge in [0, 0.05) is 26.9 Å². The summed E-state index contributed by atoms with van der Waals surface area (Å²) in [7, 11) is 3.18. The molecule has 0 bridgehead atoms. The molecule has 0 saturated heterocycles. The average molecular weight is 269 g/mol. The number of halogens is 1. The lowest BCUT2D eigenvalue weighted by Gasteiger charge is -2.24. The van der Waals surface area contributed by atoms with Crippen LogP contribution in [0.4, 0.5) is 10.2 Å². The Hall–Kier alpha value is -1.69. The fourth-order valence-electron chi connectivity index (χ4n) is 1.64. The van der Waals surface area contributed by atoms with Gasteiger partial charge >= 0.3 is 0 Å². The Balaban J connectivity index is 2.96. The zero-order valence-electron chi connectivity index (χ0n) is 11.7. The molecule has 1 amide bonds. The monoisotopic (exact) mass is 269 g/mol. The molecule has 1 N–H and O–H groups in total. The second-order valence-corrected chi connectivity index (χ2v) is 4.27. The van der Waals surface area contributed by atoms with Crippen molar-refractivity contribution in [3.05, 3.63) is 23.6 Å². The first-order valence-electron chi connectivity index (χ1n) is 6.17. The van der Waals surface area contributed by atoms with Gasteiger partial charge in [-0.2, -0.15) is 0 Å². The quantitative estimate of drug-likeness (QED) is 0.855. The summed E-state index contributed by atoms with van der Waals surface area (Å²) < 4.78 is 19.1. The number of nitrogens with one attached hydrogen (secondary N) is 1. The van der Waals surface area contributed by atoms with Gasteiger partial charge < -0.3 is 15.0 Å². The van der Waals surface area contributed by atoms with Gasteiger partial charge in [-0.25, -0.2) is 9.37 Å². The van der Waals surface area contributed by atoms with E-state index in [9.17, 15) is 9.18 Å². The first-order valence-corrected chi connectivity index (χ1v) is 6.17. The number of hydrogen-bond donors (Lipinski definition) is 1. The molecule has 106 valence electrons. The third kappa shape index (κ3) is 3.64. The lowest BCUT2D eigenvalue weighted by atomic mass is 10.2. The molecule has 6 heteroatoms. The van der Waals surface area contributed by atoms with E-state index in [1.165, 1.54) is 17.2 Å². The lowest BCUT2D eigenvalue weighted by Crippen LogP contribution is -2.38. The smallest absolute Gasteiger partial charge is 0.257 e. The number of methoxy groups -OCH3 is 1. The van der Waals surface area contributed by atoms with Crippen molar-refractivity contribution in [1.82, 2.24) is 9.88 Å². The normalized spacial score (nSPS) is 12.1. The molecule has 0 saturated carbocycles. The van der Waals surface area contributed by atoms with Crippen molar-refractivity contribution in [2.75, 3.05) is 32.6 Å². The van der Waals surface area contributed by atoms with Crippen LogP contribution in [-0.2, 0) is 4.74 Å². The third-order valence-electron chi connectivity index (χ3n) is 2.85. The van der Waals surface area contributed by atoms with Crippen LogP contribution in [0.15, 0.2) is 12.3 Å². The van der Waals surface area contributed by atoms with E-state index in [-0.39, 0.29) is 23.3 Å². The fourth-order valence-corrected chi connectivity index (χ4v) is 1.64. The summed E-state index contributed by atoms with van der Waals surface area (Å²) in [5.41, 5.74) is 0.0106. The molecule has 0 radical (unpaired) electrons. The highest BCUT2D eigenvalue weighted by molar-refractivity contribution is 5.95. The van der Waals surface area contributed by atoms with Gasteiger partial charge in [0.05, 0.1) is 18.2 Å². The van der Waals surface area contributed by atoms with Crippen LogP contribution < -0.4 is 5.32 Å². The molecule has 0 aliphatic rings. The summed E-state index contributed by atoms with van der Waals surface area (Å²) in [4.78, 5) is 17.5. The molecule has 0 aromatic carbocycles. The van der Waals surface area contributed by atoms with Crippen LogP contribution >= 0.6 is 0 Å². The number of ether oxygens (including phenoxy) is 1. The average Bonchev–Trinajstić information content (AvgIpc) is 2.40. The lowest BCUT2D eigenvalue weighted by molar-refractivity contribution is 0.0629. The number of aromatic nitrogens is 1. The van der Waals surface area contributed by atoms with Crippen molar-refractivity contribution in [2.45, 2.75) is 19.9 Å². The van der Waals surface area contributed by atoms with Crippen LogP contribution in [0.2, 0.25) is 0 Å². The summed E-state index contributed by atoms with van der Waals surface area (Å²) in [6.45, 7) is 4.61. The van der Waals surface area contributed by atoms with E-state index in [0.29, 0.717) is 13.2 Å². The number of carbonyl (C=O) groups is 1. The molecule has 0 fully saturated rings. The molecule has 0 aliphatic heterocycles. The van der Waals surface area contributed by atoms with E-state index in [1.807, 2.05) is 13.8 Å². The minimum Gasteiger partial charge on any atom is -0.383 e. The molecule has 1 aromatic heterocycles. The molecule has 19 heavy (non-hydrogen) atoms. The number of carbonyl (C=O) groups excluding carboxylic acids is 1. The van der Waals surface area contributed by atoms with Crippen molar-refractivity contribution in [1.29, 1.82) is 0 Å². The molecular formula is C13H20FN3O2. The van der Waals surface area contributed by atoms with E-state index in [0.717, 1.165) is 0 Å². The molecule has 0 spiro atoms. The first-order chi connectivity index (χ1) is 9.02. The summed E-state index contributed by atoms with van der Waals surface area (Å²) in [6.07, 6.45) is 1.42. The highest BCUT2D eigenvalue weighted by atomic mass is 19.1. The number of rotatable bonds is 6. The number of likely N-dealkylation sites (N-methyl/N-ethyl adjacent to an activating group) is 1. The fraction of sp³-hybridized carbons (Fsp3) is 0.538. The van der Waals surface area contributed by atoms with Crippen LogP contribution in [0.1, 0.15) is 24.2 Å². The zero-order chi connectivity index (χ0) is 14.4. The van der Waals surface area contributed by atoms with Crippen molar-refractivity contribution in [3.8, 4) is 0 Å². The van der Waals surface area contributed by atoms with Crippen LogP contribution in [-0.4, -0.2) is 49.1 Å². The summed E-state index contributed by atoms with van der Waals surface area (Å²) in [5.74, 6) is -0.907. The van der Waals surface area contributed by atoms with E-state index >= 15 is 0 Å². The SMILES string of the molecule is CCNc1nccc(C(=O)N(C)C(C)COC)c1F. The minimum absolute atomic E-state index is 0.0106. The molecular weight excluding hydrogens is 249 g/mol. The van der Waals surface area contributed by atoms with E-state index < -0.39 is 5.82 Å². The summed E-state index contributed by atoms with van der Waals surface area (Å²) in [5, 5.41) is 2.78. The van der Waals surface area contributed by atoms with Crippen molar-refractivity contribution >= 4 is 11.7 Å². The highest BCUT2D eigenvalue weighted by Gasteiger charge is 2.22. The Kier molecular flexibility index (Phi) is 5.69. The Labute approximate surface area is 112 Å². The maximum absolute atomic E-state index is 14.1. The Morgan fingerprint density at radius 2 is 2.32 bits per heavy atom. The van der Waals surface area contributed by atoms with Gasteiger partial charge in [-0.05, 0) is 19.9 Å². The number of anilines is 1. The number of pyridine rings is 1. The van der Waals surface area contributed by atoms with Crippen LogP contribution in [0.25, 0.3) is 0 Å². The van der Waals surface area contributed by atoms with Crippen molar-refractivity contribution in [3.63, 3.8) is 0 Å². The molecule has 1 rings (SSSR count). The predicted molar refractivity (Wildman–Crippen MR) is 71.8 cm³/mol. The van der Waals surface area contributed by atoms with Gasteiger partial charge in [0.2, 0.25) is 0 Å². The Bertz CT molecular complexity index is 440. The largest absolute Gasteiger partial charge is 0.383 e. The van der Waals surface area contributed by atoms with Gasteiger partial charge in [0.1, 0.15) is 0 Å². The van der Waals surface area contributed by atoms with Gasteiger partial charge in [-0.3, -0.25) is 4.79 Å². The van der Waals surface area contributed by atoms with Crippen molar-refractivity contribution in [2.24, 2.45) is 0 Å². The second kappa shape index (κ2) is 7.04. The van der Waals surface area contributed by atoms with E-state index in [1.54, 1.807) is 14.2 Å². The minimum atomic E-state index is -0.620. The van der Waals surface area contributed by atoms with Gasteiger partial charge in [0.15, 0.2) is 11.6 Å². The Morgan fingerprint density at radius 1 is 1.63 bits per heavy atom. The molecule has 1 atom stereocenters. The second-order valence-electron chi connectivity index (χ2n) is 4.27. The number of nitrogens with zero attached hydrogens (tertiary/aromatic N) is 2. The van der Waals surface area contributed by atoms with E-state index in [2.05, 4.69) is 10.3 Å². The topological polar surface area (TPSA) is 54.5 Å². The molecule has 1 aromatic rings. The third-order valence-corrected chi connectivity index (χ3v) is 2.85. The summed E-state index contributed by atoms with van der Waals surface area (Å²) in [6, 6.07) is 1.25. The molecule has 5 nitrogen and oxygen atoms in total. The van der Waals surface area contributed by atoms with Crippen LogP contribution in [0, 0.1) is 5.82 Å². The van der Waals surface area contributed by atoms with Crippen LogP contribution in [0.5, 0.6) is 0 Å². The maximum atomic E-state index is 14.1. The maximum Gasteiger partial charge on any atom is 0.257 e.